The van der Waals surface area contributed by atoms with E-state index in [0.29, 0.717) is 15.8 Å². The summed E-state index contributed by atoms with van der Waals surface area (Å²) in [5, 5.41) is 1.50. The zero-order valence-corrected chi connectivity index (χ0v) is 7.90. The van der Waals surface area contributed by atoms with E-state index in [1.807, 2.05) is 0 Å². The van der Waals surface area contributed by atoms with Crippen molar-refractivity contribution in [3.05, 3.63) is 40.4 Å². The van der Waals surface area contributed by atoms with Gasteiger partial charge in [0.25, 0.3) is 0 Å². The minimum Gasteiger partial charge on any atom is -0.244 e. The quantitative estimate of drug-likeness (QED) is 0.612. The van der Waals surface area contributed by atoms with Crippen molar-refractivity contribution in [1.29, 1.82) is 0 Å². The third kappa shape index (κ3) is 1.36. The molecule has 0 unspecified atom stereocenters. The van der Waals surface area contributed by atoms with E-state index in [-0.39, 0.29) is 11.0 Å². The molecule has 0 aliphatic rings. The van der Waals surface area contributed by atoms with Crippen molar-refractivity contribution in [3.8, 4) is 0 Å². The fraction of sp³-hybridized carbons (Fsp3) is 0. The lowest BCUT2D eigenvalue weighted by molar-refractivity contribution is 0.640. The van der Waals surface area contributed by atoms with Gasteiger partial charge in [0, 0.05) is 17.0 Å². The van der Waals surface area contributed by atoms with Gasteiger partial charge in [0.05, 0.1) is 5.02 Å². The highest BCUT2D eigenvalue weighted by atomic mass is 35.5. The standard InChI is InChI=1S/C9H4Cl2FN/c10-6-1-2-7(12)5-3-4-13-9(11)8(5)6/h1-4H. The fourth-order valence-corrected chi connectivity index (χ4v) is 1.74. The molecule has 2 rings (SSSR count). The predicted octanol–water partition coefficient (Wildman–Crippen LogP) is 3.68. The SMILES string of the molecule is Fc1ccc(Cl)c2c(Cl)nccc12. The monoisotopic (exact) mass is 215 g/mol. The van der Waals surface area contributed by atoms with Gasteiger partial charge in [-0.25, -0.2) is 9.37 Å². The summed E-state index contributed by atoms with van der Waals surface area (Å²) in [5.74, 6) is -0.344. The lowest BCUT2D eigenvalue weighted by atomic mass is 10.2. The van der Waals surface area contributed by atoms with Gasteiger partial charge in [0.1, 0.15) is 11.0 Å². The van der Waals surface area contributed by atoms with Crippen molar-refractivity contribution in [2.45, 2.75) is 0 Å². The summed E-state index contributed by atoms with van der Waals surface area (Å²) in [6.45, 7) is 0. The number of pyridine rings is 1. The Morgan fingerprint density at radius 1 is 1.15 bits per heavy atom. The molecule has 0 saturated carbocycles. The summed E-state index contributed by atoms with van der Waals surface area (Å²) in [4.78, 5) is 3.82. The maximum absolute atomic E-state index is 13.2. The van der Waals surface area contributed by atoms with Crippen LogP contribution in [-0.4, -0.2) is 4.98 Å². The maximum Gasteiger partial charge on any atom is 0.138 e. The Kier molecular flexibility index (Phi) is 2.10. The van der Waals surface area contributed by atoms with E-state index in [2.05, 4.69) is 4.98 Å². The molecule has 0 N–H and O–H groups in total. The zero-order chi connectivity index (χ0) is 9.42. The van der Waals surface area contributed by atoms with Crippen molar-refractivity contribution in [2.24, 2.45) is 0 Å². The number of aromatic nitrogens is 1. The van der Waals surface area contributed by atoms with E-state index in [1.54, 1.807) is 6.07 Å². The van der Waals surface area contributed by atoms with Gasteiger partial charge >= 0.3 is 0 Å². The summed E-state index contributed by atoms with van der Waals surface area (Å²) >= 11 is 11.6. The first-order chi connectivity index (χ1) is 6.20. The second-order valence-electron chi connectivity index (χ2n) is 2.55. The molecule has 0 fully saturated rings. The summed E-state index contributed by atoms with van der Waals surface area (Å²) in [6.07, 6.45) is 1.45. The van der Waals surface area contributed by atoms with E-state index in [4.69, 9.17) is 23.2 Å². The highest BCUT2D eigenvalue weighted by molar-refractivity contribution is 6.41. The van der Waals surface area contributed by atoms with Gasteiger partial charge in [0.15, 0.2) is 0 Å². The first-order valence-electron chi connectivity index (χ1n) is 3.58. The van der Waals surface area contributed by atoms with E-state index in [9.17, 15) is 4.39 Å². The number of nitrogens with zero attached hydrogens (tertiary/aromatic N) is 1. The molecule has 66 valence electrons. The van der Waals surface area contributed by atoms with Crippen LogP contribution >= 0.6 is 23.2 Å². The second kappa shape index (κ2) is 3.13. The predicted molar refractivity (Wildman–Crippen MR) is 51.7 cm³/mol. The molecule has 1 aromatic heterocycles. The van der Waals surface area contributed by atoms with Crippen LogP contribution in [0.15, 0.2) is 24.4 Å². The third-order valence-electron chi connectivity index (χ3n) is 1.78. The van der Waals surface area contributed by atoms with Crippen molar-refractivity contribution >= 4 is 34.0 Å². The molecule has 0 atom stereocenters. The number of benzene rings is 1. The van der Waals surface area contributed by atoms with Crippen LogP contribution in [0, 0.1) is 5.82 Å². The Morgan fingerprint density at radius 3 is 2.62 bits per heavy atom. The Morgan fingerprint density at radius 2 is 1.92 bits per heavy atom. The molecule has 0 spiro atoms. The average Bonchev–Trinajstić information content (AvgIpc) is 2.12. The van der Waals surface area contributed by atoms with Crippen LogP contribution in [0.1, 0.15) is 0 Å². The fourth-order valence-electron chi connectivity index (χ4n) is 1.18. The molecule has 0 bridgehead atoms. The second-order valence-corrected chi connectivity index (χ2v) is 3.32. The van der Waals surface area contributed by atoms with Crippen molar-refractivity contribution in [3.63, 3.8) is 0 Å². The summed E-state index contributed by atoms with van der Waals surface area (Å²) in [6, 6.07) is 4.32. The third-order valence-corrected chi connectivity index (χ3v) is 2.38. The Hall–Kier alpha value is -0.860. The maximum atomic E-state index is 13.2. The van der Waals surface area contributed by atoms with Crippen LogP contribution < -0.4 is 0 Å². The molecule has 0 aliphatic heterocycles. The molecule has 4 heteroatoms. The van der Waals surface area contributed by atoms with E-state index >= 15 is 0 Å². The molecule has 1 nitrogen and oxygen atoms in total. The zero-order valence-electron chi connectivity index (χ0n) is 6.39. The van der Waals surface area contributed by atoms with Crippen LogP contribution in [0.2, 0.25) is 10.2 Å². The molecule has 1 heterocycles. The van der Waals surface area contributed by atoms with Gasteiger partial charge in [0.2, 0.25) is 0 Å². The largest absolute Gasteiger partial charge is 0.244 e. The minimum atomic E-state index is -0.344. The molecule has 13 heavy (non-hydrogen) atoms. The van der Waals surface area contributed by atoms with Crippen LogP contribution in [0.25, 0.3) is 10.8 Å². The van der Waals surface area contributed by atoms with Gasteiger partial charge in [-0.3, -0.25) is 0 Å². The number of fused-ring (bicyclic) bond motifs is 1. The van der Waals surface area contributed by atoms with Crippen LogP contribution in [0.5, 0.6) is 0 Å². The van der Waals surface area contributed by atoms with E-state index in [1.165, 1.54) is 18.3 Å². The Labute approximate surface area is 84.1 Å². The van der Waals surface area contributed by atoms with Crippen molar-refractivity contribution in [1.82, 2.24) is 4.98 Å². The molecular weight excluding hydrogens is 212 g/mol. The Balaban J connectivity index is 3.00. The van der Waals surface area contributed by atoms with Crippen molar-refractivity contribution in [2.75, 3.05) is 0 Å². The molecule has 0 aliphatic carbocycles. The van der Waals surface area contributed by atoms with Crippen LogP contribution in [-0.2, 0) is 0 Å². The lowest BCUT2D eigenvalue weighted by Crippen LogP contribution is -1.83. The Bertz CT molecular complexity index is 462. The van der Waals surface area contributed by atoms with E-state index in [0.717, 1.165) is 0 Å². The van der Waals surface area contributed by atoms with Gasteiger partial charge in [-0.05, 0) is 18.2 Å². The average molecular weight is 216 g/mol. The highest BCUT2D eigenvalue weighted by Crippen LogP contribution is 2.29. The number of hydrogen-bond acceptors (Lipinski definition) is 1. The first-order valence-corrected chi connectivity index (χ1v) is 4.34. The number of halogens is 3. The molecule has 1 aromatic carbocycles. The molecule has 0 amide bonds. The lowest BCUT2D eigenvalue weighted by Gasteiger charge is -2.02. The molecular formula is C9H4Cl2FN. The van der Waals surface area contributed by atoms with Crippen LogP contribution in [0.4, 0.5) is 4.39 Å². The number of hydrogen-bond donors (Lipinski definition) is 0. The summed E-state index contributed by atoms with van der Waals surface area (Å²) in [5.41, 5.74) is 0. The topological polar surface area (TPSA) is 12.9 Å². The molecule has 2 aromatic rings. The normalized spacial score (nSPS) is 10.7. The van der Waals surface area contributed by atoms with Gasteiger partial charge in [-0.15, -0.1) is 0 Å². The van der Waals surface area contributed by atoms with Crippen LogP contribution in [0.3, 0.4) is 0 Å². The smallest absolute Gasteiger partial charge is 0.138 e. The highest BCUT2D eigenvalue weighted by Gasteiger charge is 2.07. The molecule has 0 saturated heterocycles. The van der Waals surface area contributed by atoms with Crippen molar-refractivity contribution < 1.29 is 4.39 Å². The summed E-state index contributed by atoms with van der Waals surface area (Å²) in [7, 11) is 0. The van der Waals surface area contributed by atoms with Gasteiger partial charge < -0.3 is 0 Å². The minimum absolute atomic E-state index is 0.224. The van der Waals surface area contributed by atoms with Gasteiger partial charge in [-0.1, -0.05) is 23.2 Å². The van der Waals surface area contributed by atoms with E-state index < -0.39 is 0 Å². The first kappa shape index (κ1) is 8.73. The number of rotatable bonds is 0. The molecule has 0 radical (unpaired) electrons. The van der Waals surface area contributed by atoms with Gasteiger partial charge in [-0.2, -0.15) is 0 Å². The summed E-state index contributed by atoms with van der Waals surface area (Å²) < 4.78 is 13.2.